The number of carboxylic acids is 1. The van der Waals surface area contributed by atoms with Crippen molar-refractivity contribution in [3.05, 3.63) is 12.7 Å². The van der Waals surface area contributed by atoms with E-state index in [1.54, 1.807) is 6.92 Å². The van der Waals surface area contributed by atoms with Gasteiger partial charge in [0.1, 0.15) is 6.61 Å². The van der Waals surface area contributed by atoms with Crippen LogP contribution in [0.25, 0.3) is 0 Å². The van der Waals surface area contributed by atoms with Gasteiger partial charge in [-0.1, -0.05) is 12.7 Å². The summed E-state index contributed by atoms with van der Waals surface area (Å²) in [6.45, 7) is 6.32. The number of carboxylic acid groups (broad SMARTS) is 1. The Hall–Kier alpha value is -1.44. The maximum absolute atomic E-state index is 12.1. The largest absolute Gasteiger partial charge is 0.478 e. The summed E-state index contributed by atoms with van der Waals surface area (Å²) in [6.07, 6.45) is 1.37. The zero-order valence-corrected chi connectivity index (χ0v) is 11.0. The minimum atomic E-state index is -2.11. The van der Waals surface area contributed by atoms with Crippen molar-refractivity contribution in [3.63, 3.8) is 0 Å². The van der Waals surface area contributed by atoms with Crippen LogP contribution in [0.2, 0.25) is 0 Å². The average molecular weight is 273 g/mol. The Morgan fingerprint density at radius 2 is 2.11 bits per heavy atom. The highest BCUT2D eigenvalue weighted by atomic mass is 16.6. The molecule has 1 rings (SSSR count). The van der Waals surface area contributed by atoms with Crippen molar-refractivity contribution in [2.45, 2.75) is 12.6 Å². The molecule has 1 fully saturated rings. The molecule has 1 heterocycles. The van der Waals surface area contributed by atoms with Crippen LogP contribution < -0.4 is 0 Å². The van der Waals surface area contributed by atoms with Crippen LogP contribution in [0, 0.1) is 0 Å². The minimum absolute atomic E-state index is 0.0642. The van der Waals surface area contributed by atoms with Gasteiger partial charge in [-0.05, 0) is 6.92 Å². The average Bonchev–Trinajstić information content (AvgIpc) is 2.42. The van der Waals surface area contributed by atoms with E-state index in [1.165, 1.54) is 11.0 Å². The Morgan fingerprint density at radius 3 is 2.58 bits per heavy atom. The van der Waals surface area contributed by atoms with Gasteiger partial charge in [-0.3, -0.25) is 4.90 Å². The molecule has 0 amide bonds. The zero-order chi connectivity index (χ0) is 14.3. The van der Waals surface area contributed by atoms with Gasteiger partial charge in [-0.15, -0.1) is 0 Å². The smallest absolute Gasteiger partial charge is 0.366 e. The fraction of sp³-hybridized carbons (Fsp3) is 0.667. The zero-order valence-electron chi connectivity index (χ0n) is 11.0. The van der Waals surface area contributed by atoms with E-state index in [-0.39, 0.29) is 26.3 Å². The molecule has 7 heteroatoms. The van der Waals surface area contributed by atoms with Crippen molar-refractivity contribution in [2.75, 3.05) is 39.5 Å². The van der Waals surface area contributed by atoms with E-state index >= 15 is 0 Å². The van der Waals surface area contributed by atoms with Gasteiger partial charge in [-0.25, -0.2) is 9.59 Å². The second-order valence-electron chi connectivity index (χ2n) is 3.87. The normalized spacial score (nSPS) is 19.4. The number of aliphatic carboxylic acids is 1. The number of hydrogen-bond acceptors (Lipinski definition) is 6. The standard InChI is InChI=1S/C12H19NO6/c1-3-7-18-11(16)12(10(14)15,19-4-2)13-5-8-17-9-6-13/h3H,1,4-9H2,2H3,(H,14,15). The molecule has 0 aromatic carbocycles. The van der Waals surface area contributed by atoms with Crippen LogP contribution >= 0.6 is 0 Å². The summed E-state index contributed by atoms with van der Waals surface area (Å²) in [5.74, 6) is -2.33. The number of ether oxygens (including phenoxy) is 3. The third kappa shape index (κ3) is 3.31. The van der Waals surface area contributed by atoms with Crippen molar-refractivity contribution in [1.82, 2.24) is 4.90 Å². The number of morpholine rings is 1. The molecule has 1 aliphatic rings. The molecular weight excluding hydrogens is 254 g/mol. The first kappa shape index (κ1) is 15.6. The SMILES string of the molecule is C=CCOC(=O)C(OCC)(C(=O)O)N1CCOCC1. The van der Waals surface area contributed by atoms with E-state index in [9.17, 15) is 14.7 Å². The fourth-order valence-corrected chi connectivity index (χ4v) is 1.88. The van der Waals surface area contributed by atoms with Crippen LogP contribution in [-0.2, 0) is 23.8 Å². The van der Waals surface area contributed by atoms with Crippen LogP contribution in [0.5, 0.6) is 0 Å². The molecule has 1 N–H and O–H groups in total. The Morgan fingerprint density at radius 1 is 1.47 bits per heavy atom. The van der Waals surface area contributed by atoms with Crippen LogP contribution in [-0.4, -0.2) is 67.2 Å². The predicted octanol–water partition coefficient (Wildman–Crippen LogP) is -0.135. The maximum Gasteiger partial charge on any atom is 0.366 e. The van der Waals surface area contributed by atoms with Gasteiger partial charge in [0.25, 0.3) is 0 Å². The molecule has 1 aliphatic heterocycles. The van der Waals surface area contributed by atoms with E-state index in [0.29, 0.717) is 13.2 Å². The summed E-state index contributed by atoms with van der Waals surface area (Å²) < 4.78 is 15.3. The summed E-state index contributed by atoms with van der Waals surface area (Å²) in [4.78, 5) is 25.1. The first-order chi connectivity index (χ1) is 9.09. The lowest BCUT2D eigenvalue weighted by atomic mass is 10.1. The summed E-state index contributed by atoms with van der Waals surface area (Å²) in [5, 5.41) is 9.44. The van der Waals surface area contributed by atoms with Crippen LogP contribution in [0.1, 0.15) is 6.92 Å². The molecular formula is C12H19NO6. The molecule has 0 radical (unpaired) electrons. The third-order valence-corrected chi connectivity index (χ3v) is 2.71. The fourth-order valence-electron chi connectivity index (χ4n) is 1.88. The van der Waals surface area contributed by atoms with Crippen LogP contribution in [0.4, 0.5) is 0 Å². The lowest BCUT2D eigenvalue weighted by molar-refractivity contribution is -0.220. The summed E-state index contributed by atoms with van der Waals surface area (Å²) >= 11 is 0. The number of hydrogen-bond donors (Lipinski definition) is 1. The number of carbonyl (C=O) groups is 2. The molecule has 0 bridgehead atoms. The van der Waals surface area contributed by atoms with Crippen LogP contribution in [0.3, 0.4) is 0 Å². The first-order valence-corrected chi connectivity index (χ1v) is 6.07. The van der Waals surface area contributed by atoms with Crippen LogP contribution in [0.15, 0.2) is 12.7 Å². The monoisotopic (exact) mass is 273 g/mol. The molecule has 7 nitrogen and oxygen atoms in total. The van der Waals surface area contributed by atoms with Gasteiger partial charge >= 0.3 is 17.7 Å². The Bertz CT molecular complexity index is 339. The highest BCUT2D eigenvalue weighted by molar-refractivity contribution is 6.02. The third-order valence-electron chi connectivity index (χ3n) is 2.71. The van der Waals surface area contributed by atoms with E-state index < -0.39 is 17.7 Å². The van der Waals surface area contributed by atoms with Gasteiger partial charge in [0.05, 0.1) is 13.2 Å². The Kier molecular flexibility index (Phi) is 5.94. The second kappa shape index (κ2) is 7.22. The highest BCUT2D eigenvalue weighted by Crippen LogP contribution is 2.22. The predicted molar refractivity (Wildman–Crippen MR) is 65.5 cm³/mol. The second-order valence-corrected chi connectivity index (χ2v) is 3.87. The number of esters is 1. The molecule has 0 aliphatic carbocycles. The maximum atomic E-state index is 12.1. The molecule has 0 saturated carbocycles. The topological polar surface area (TPSA) is 85.3 Å². The van der Waals surface area contributed by atoms with E-state index in [2.05, 4.69) is 6.58 Å². The van der Waals surface area contributed by atoms with Gasteiger partial charge in [0.15, 0.2) is 0 Å². The quantitative estimate of drug-likeness (QED) is 0.392. The lowest BCUT2D eigenvalue weighted by Gasteiger charge is -2.39. The molecule has 0 aromatic rings. The molecule has 1 atom stereocenters. The minimum Gasteiger partial charge on any atom is -0.478 e. The molecule has 0 aromatic heterocycles. The molecule has 108 valence electrons. The highest BCUT2D eigenvalue weighted by Gasteiger charge is 2.54. The molecule has 1 saturated heterocycles. The van der Waals surface area contributed by atoms with E-state index in [4.69, 9.17) is 14.2 Å². The van der Waals surface area contributed by atoms with Gasteiger partial charge < -0.3 is 19.3 Å². The summed E-state index contributed by atoms with van der Waals surface area (Å²) in [7, 11) is 0. The van der Waals surface area contributed by atoms with Gasteiger partial charge in [-0.2, -0.15) is 0 Å². The van der Waals surface area contributed by atoms with Gasteiger partial charge in [0, 0.05) is 19.7 Å². The Balaban J connectivity index is 3.00. The van der Waals surface area contributed by atoms with Gasteiger partial charge in [0.2, 0.25) is 0 Å². The molecule has 0 spiro atoms. The number of carbonyl (C=O) groups excluding carboxylic acids is 1. The van der Waals surface area contributed by atoms with E-state index in [0.717, 1.165) is 0 Å². The first-order valence-electron chi connectivity index (χ1n) is 6.07. The van der Waals surface area contributed by atoms with E-state index in [1.807, 2.05) is 0 Å². The molecule has 19 heavy (non-hydrogen) atoms. The summed E-state index contributed by atoms with van der Waals surface area (Å²) in [6, 6.07) is 0. The van der Waals surface area contributed by atoms with Crippen molar-refractivity contribution >= 4 is 11.9 Å². The van der Waals surface area contributed by atoms with Crippen molar-refractivity contribution in [2.24, 2.45) is 0 Å². The summed E-state index contributed by atoms with van der Waals surface area (Å²) in [5.41, 5.74) is -2.11. The number of nitrogens with zero attached hydrogens (tertiary/aromatic N) is 1. The van der Waals surface area contributed by atoms with Crippen molar-refractivity contribution < 1.29 is 28.9 Å². The lowest BCUT2D eigenvalue weighted by Crippen LogP contribution is -2.65. The Labute approximate surface area is 111 Å². The number of rotatable bonds is 7. The van der Waals surface area contributed by atoms with Crippen molar-refractivity contribution in [3.8, 4) is 0 Å². The molecule has 1 unspecified atom stereocenters. The van der Waals surface area contributed by atoms with Crippen molar-refractivity contribution in [1.29, 1.82) is 0 Å².